The second-order valence-electron chi connectivity index (χ2n) is 6.48. The lowest BCUT2D eigenvalue weighted by atomic mass is 9.98. The number of benzene rings is 2. The van der Waals surface area contributed by atoms with Gasteiger partial charge in [-0.1, -0.05) is 30.7 Å². The van der Waals surface area contributed by atoms with Crippen molar-refractivity contribution in [1.82, 2.24) is 0 Å². The van der Waals surface area contributed by atoms with Gasteiger partial charge in [-0.15, -0.1) is 0 Å². The molecule has 1 aliphatic heterocycles. The van der Waals surface area contributed by atoms with Gasteiger partial charge in [-0.3, -0.25) is 4.79 Å². The van der Waals surface area contributed by atoms with Crippen molar-refractivity contribution in [2.75, 3.05) is 29.9 Å². The van der Waals surface area contributed by atoms with Crippen molar-refractivity contribution in [3.8, 4) is 5.75 Å². The Morgan fingerprint density at radius 1 is 1.16 bits per heavy atom. The van der Waals surface area contributed by atoms with Gasteiger partial charge in [0, 0.05) is 18.1 Å². The normalized spacial score (nSPS) is 15.0. The third kappa shape index (κ3) is 4.89. The number of anilines is 2. The first-order chi connectivity index (χ1) is 12.1. The zero-order chi connectivity index (χ0) is 17.6. The number of para-hydroxylation sites is 2. The van der Waals surface area contributed by atoms with Crippen molar-refractivity contribution < 1.29 is 9.53 Å². The maximum absolute atomic E-state index is 12.3. The molecule has 132 valence electrons. The summed E-state index contributed by atoms with van der Waals surface area (Å²) in [5.74, 6) is 1.22. The van der Waals surface area contributed by atoms with Gasteiger partial charge in [0.15, 0.2) is 6.61 Å². The van der Waals surface area contributed by atoms with Gasteiger partial charge < -0.3 is 15.0 Å². The van der Waals surface area contributed by atoms with E-state index in [9.17, 15) is 4.79 Å². The summed E-state index contributed by atoms with van der Waals surface area (Å²) >= 11 is 5.84. The number of nitrogens with zero attached hydrogens (tertiary/aromatic N) is 1. The standard InChI is InChI=1S/C20H23ClN2O2/c1-15-10-12-23(13-11-15)19-5-3-2-4-18(19)22-20(24)14-25-17-8-6-16(21)7-9-17/h2-9,15H,10-14H2,1H3,(H,22,24). The van der Waals surface area contributed by atoms with E-state index < -0.39 is 0 Å². The number of amides is 1. The van der Waals surface area contributed by atoms with Gasteiger partial charge in [0.2, 0.25) is 0 Å². The summed E-state index contributed by atoms with van der Waals surface area (Å²) in [6.07, 6.45) is 2.36. The third-order valence-corrected chi connectivity index (χ3v) is 4.74. The molecule has 25 heavy (non-hydrogen) atoms. The molecule has 1 N–H and O–H groups in total. The molecule has 1 aliphatic rings. The Morgan fingerprint density at radius 3 is 2.56 bits per heavy atom. The molecule has 0 saturated carbocycles. The molecule has 0 unspecified atom stereocenters. The highest BCUT2D eigenvalue weighted by Gasteiger charge is 2.18. The Morgan fingerprint density at radius 2 is 1.84 bits per heavy atom. The highest BCUT2D eigenvalue weighted by molar-refractivity contribution is 6.30. The number of hydrogen-bond donors (Lipinski definition) is 1. The monoisotopic (exact) mass is 358 g/mol. The van der Waals surface area contributed by atoms with Crippen LogP contribution in [0.15, 0.2) is 48.5 Å². The lowest BCUT2D eigenvalue weighted by Crippen LogP contribution is -2.33. The van der Waals surface area contributed by atoms with Crippen molar-refractivity contribution in [2.24, 2.45) is 5.92 Å². The van der Waals surface area contributed by atoms with E-state index in [1.165, 1.54) is 12.8 Å². The number of ether oxygens (including phenoxy) is 1. The van der Waals surface area contributed by atoms with Crippen molar-refractivity contribution >= 4 is 28.9 Å². The molecule has 0 atom stereocenters. The first kappa shape index (κ1) is 17.6. The van der Waals surface area contributed by atoms with Crippen molar-refractivity contribution in [2.45, 2.75) is 19.8 Å². The van der Waals surface area contributed by atoms with Gasteiger partial charge in [-0.2, -0.15) is 0 Å². The van der Waals surface area contributed by atoms with Crippen LogP contribution in [0.5, 0.6) is 5.75 Å². The highest BCUT2D eigenvalue weighted by atomic mass is 35.5. The van der Waals surface area contributed by atoms with Crippen molar-refractivity contribution in [3.63, 3.8) is 0 Å². The highest BCUT2D eigenvalue weighted by Crippen LogP contribution is 2.29. The SMILES string of the molecule is CC1CCN(c2ccccc2NC(=O)COc2ccc(Cl)cc2)CC1. The van der Waals surface area contributed by atoms with Crippen LogP contribution in [0.25, 0.3) is 0 Å². The fourth-order valence-electron chi connectivity index (χ4n) is 2.97. The number of carbonyl (C=O) groups is 1. The van der Waals surface area contributed by atoms with Gasteiger partial charge in [0.25, 0.3) is 5.91 Å². The summed E-state index contributed by atoms with van der Waals surface area (Å²) in [6, 6.07) is 14.9. The number of carbonyl (C=O) groups excluding carboxylic acids is 1. The molecule has 0 radical (unpaired) electrons. The fraction of sp³-hybridized carbons (Fsp3) is 0.350. The summed E-state index contributed by atoms with van der Waals surface area (Å²) in [5.41, 5.74) is 1.91. The predicted molar refractivity (Wildman–Crippen MR) is 103 cm³/mol. The van der Waals surface area contributed by atoms with E-state index in [0.717, 1.165) is 30.4 Å². The second kappa shape index (κ2) is 8.26. The van der Waals surface area contributed by atoms with Gasteiger partial charge in [-0.25, -0.2) is 0 Å². The van der Waals surface area contributed by atoms with Crippen LogP contribution in [-0.2, 0) is 4.79 Å². The lowest BCUT2D eigenvalue weighted by molar-refractivity contribution is -0.118. The Labute approximate surface area is 153 Å². The molecular weight excluding hydrogens is 336 g/mol. The zero-order valence-corrected chi connectivity index (χ0v) is 15.1. The zero-order valence-electron chi connectivity index (χ0n) is 14.4. The van der Waals surface area contributed by atoms with E-state index >= 15 is 0 Å². The first-order valence-electron chi connectivity index (χ1n) is 8.64. The molecule has 5 heteroatoms. The van der Waals surface area contributed by atoms with Crippen LogP contribution in [0.1, 0.15) is 19.8 Å². The molecule has 1 amide bonds. The number of halogens is 1. The largest absolute Gasteiger partial charge is 0.484 e. The van der Waals surface area contributed by atoms with Crippen LogP contribution in [0.2, 0.25) is 5.02 Å². The first-order valence-corrected chi connectivity index (χ1v) is 9.02. The average Bonchev–Trinajstić information content (AvgIpc) is 2.63. The Bertz CT molecular complexity index is 710. The molecule has 4 nitrogen and oxygen atoms in total. The van der Waals surface area contributed by atoms with E-state index in [1.807, 2.05) is 18.2 Å². The molecule has 0 spiro atoms. The van der Waals surface area contributed by atoms with Crippen LogP contribution < -0.4 is 15.0 Å². The lowest BCUT2D eigenvalue weighted by Gasteiger charge is -2.33. The minimum Gasteiger partial charge on any atom is -0.484 e. The summed E-state index contributed by atoms with van der Waals surface area (Å²) in [7, 11) is 0. The Kier molecular flexibility index (Phi) is 5.82. The number of nitrogens with one attached hydrogen (secondary N) is 1. The summed E-state index contributed by atoms with van der Waals surface area (Å²) < 4.78 is 5.51. The van der Waals surface area contributed by atoms with E-state index in [4.69, 9.17) is 16.3 Å². The van der Waals surface area contributed by atoms with E-state index in [0.29, 0.717) is 10.8 Å². The number of piperidine rings is 1. The molecule has 1 heterocycles. The van der Waals surface area contributed by atoms with E-state index in [1.54, 1.807) is 24.3 Å². The summed E-state index contributed by atoms with van der Waals surface area (Å²) in [5, 5.41) is 3.61. The van der Waals surface area contributed by atoms with Gasteiger partial charge >= 0.3 is 0 Å². The smallest absolute Gasteiger partial charge is 0.262 e. The average molecular weight is 359 g/mol. The quantitative estimate of drug-likeness (QED) is 0.849. The van der Waals surface area contributed by atoms with Gasteiger partial charge in [0.1, 0.15) is 5.75 Å². The second-order valence-corrected chi connectivity index (χ2v) is 6.91. The Balaban J connectivity index is 1.60. The minimum atomic E-state index is -0.173. The Hall–Kier alpha value is -2.20. The molecule has 0 bridgehead atoms. The van der Waals surface area contributed by atoms with Crippen LogP contribution in [-0.4, -0.2) is 25.6 Å². The molecule has 3 rings (SSSR count). The van der Waals surface area contributed by atoms with Crippen molar-refractivity contribution in [1.29, 1.82) is 0 Å². The molecular formula is C20H23ClN2O2. The number of hydrogen-bond acceptors (Lipinski definition) is 3. The van der Waals surface area contributed by atoms with Gasteiger partial charge in [-0.05, 0) is 55.2 Å². The molecule has 1 fully saturated rings. The summed E-state index contributed by atoms with van der Waals surface area (Å²) in [4.78, 5) is 14.6. The molecule has 2 aromatic carbocycles. The van der Waals surface area contributed by atoms with Crippen LogP contribution >= 0.6 is 11.6 Å². The fourth-order valence-corrected chi connectivity index (χ4v) is 3.10. The maximum Gasteiger partial charge on any atom is 0.262 e. The maximum atomic E-state index is 12.3. The minimum absolute atomic E-state index is 0.0347. The van der Waals surface area contributed by atoms with Crippen LogP contribution in [0.3, 0.4) is 0 Å². The topological polar surface area (TPSA) is 41.6 Å². The predicted octanol–water partition coefficient (Wildman–Crippen LogP) is 4.59. The van der Waals surface area contributed by atoms with E-state index in [-0.39, 0.29) is 12.5 Å². The van der Waals surface area contributed by atoms with Crippen LogP contribution in [0.4, 0.5) is 11.4 Å². The molecule has 0 aliphatic carbocycles. The summed E-state index contributed by atoms with van der Waals surface area (Å²) in [6.45, 7) is 4.30. The van der Waals surface area contributed by atoms with Gasteiger partial charge in [0.05, 0.1) is 11.4 Å². The van der Waals surface area contributed by atoms with Crippen LogP contribution in [0, 0.1) is 5.92 Å². The molecule has 2 aromatic rings. The molecule has 1 saturated heterocycles. The third-order valence-electron chi connectivity index (χ3n) is 4.49. The molecule has 0 aromatic heterocycles. The van der Waals surface area contributed by atoms with Crippen molar-refractivity contribution in [3.05, 3.63) is 53.6 Å². The number of rotatable bonds is 5. The van der Waals surface area contributed by atoms with E-state index in [2.05, 4.69) is 23.2 Å².